The molecule has 0 bridgehead atoms. The van der Waals surface area contributed by atoms with Gasteiger partial charge in [0.1, 0.15) is 0 Å². The maximum Gasteiger partial charge on any atom is 0.154 e. The number of fused-ring (bicyclic) bond motifs is 1. The SMILES string of the molecule is O=S1(=O)CC2NCC3(CCCCC3)OC2C1. The van der Waals surface area contributed by atoms with Crippen molar-refractivity contribution in [3.63, 3.8) is 0 Å². The van der Waals surface area contributed by atoms with Crippen LogP contribution in [0.5, 0.6) is 0 Å². The largest absolute Gasteiger partial charge is 0.368 e. The highest BCUT2D eigenvalue weighted by molar-refractivity contribution is 7.91. The van der Waals surface area contributed by atoms with Crippen molar-refractivity contribution in [2.45, 2.75) is 49.9 Å². The molecule has 0 aromatic carbocycles. The third-order valence-electron chi connectivity index (χ3n) is 4.15. The molecule has 92 valence electrons. The topological polar surface area (TPSA) is 55.4 Å². The zero-order chi connectivity index (χ0) is 11.2. The molecular weight excluding hydrogens is 226 g/mol. The van der Waals surface area contributed by atoms with Gasteiger partial charge in [-0.2, -0.15) is 0 Å². The molecule has 0 aromatic rings. The maximum atomic E-state index is 11.5. The average molecular weight is 245 g/mol. The third kappa shape index (κ3) is 1.89. The molecule has 16 heavy (non-hydrogen) atoms. The maximum absolute atomic E-state index is 11.5. The van der Waals surface area contributed by atoms with Crippen LogP contribution in [0.2, 0.25) is 0 Å². The standard InChI is InChI=1S/C11H19NO3S/c13-16(14)6-9-10(7-16)15-11(8-12-9)4-2-1-3-5-11/h9-10,12H,1-8H2. The molecule has 1 spiro atoms. The quantitative estimate of drug-likeness (QED) is 0.674. The van der Waals surface area contributed by atoms with E-state index in [9.17, 15) is 8.42 Å². The highest BCUT2D eigenvalue weighted by Gasteiger charge is 2.48. The minimum atomic E-state index is -2.87. The third-order valence-corrected chi connectivity index (χ3v) is 5.86. The summed E-state index contributed by atoms with van der Waals surface area (Å²) in [5, 5.41) is 3.39. The number of hydrogen-bond donors (Lipinski definition) is 1. The van der Waals surface area contributed by atoms with Gasteiger partial charge in [0.2, 0.25) is 0 Å². The number of nitrogens with one attached hydrogen (secondary N) is 1. The first-order valence-corrected chi connectivity index (χ1v) is 8.02. The molecular formula is C11H19NO3S. The molecule has 0 amide bonds. The second-order valence-corrected chi connectivity index (χ2v) is 7.62. The zero-order valence-electron chi connectivity index (χ0n) is 9.44. The lowest BCUT2D eigenvalue weighted by molar-refractivity contribution is -0.136. The summed E-state index contributed by atoms with van der Waals surface area (Å²) in [5.41, 5.74) is -0.0563. The molecule has 0 radical (unpaired) electrons. The molecule has 2 heterocycles. The van der Waals surface area contributed by atoms with Gasteiger partial charge >= 0.3 is 0 Å². The van der Waals surface area contributed by atoms with Gasteiger partial charge in [0, 0.05) is 12.6 Å². The highest BCUT2D eigenvalue weighted by atomic mass is 32.2. The summed E-state index contributed by atoms with van der Waals surface area (Å²) in [4.78, 5) is 0. The fourth-order valence-electron chi connectivity index (χ4n) is 3.29. The fraction of sp³-hybridized carbons (Fsp3) is 1.00. The van der Waals surface area contributed by atoms with Crippen LogP contribution < -0.4 is 5.32 Å². The Balaban J connectivity index is 1.75. The average Bonchev–Trinajstić information content (AvgIpc) is 2.52. The summed E-state index contributed by atoms with van der Waals surface area (Å²) < 4.78 is 29.2. The van der Waals surface area contributed by atoms with E-state index in [0.717, 1.165) is 19.4 Å². The molecule has 0 aromatic heterocycles. The lowest BCUT2D eigenvalue weighted by Gasteiger charge is -2.45. The fourth-order valence-corrected chi connectivity index (χ4v) is 5.11. The summed E-state index contributed by atoms with van der Waals surface area (Å²) >= 11 is 0. The van der Waals surface area contributed by atoms with E-state index >= 15 is 0 Å². The molecule has 1 aliphatic carbocycles. The van der Waals surface area contributed by atoms with Crippen molar-refractivity contribution >= 4 is 9.84 Å². The van der Waals surface area contributed by atoms with Gasteiger partial charge in [0.15, 0.2) is 9.84 Å². The Hall–Kier alpha value is -0.130. The Morgan fingerprint density at radius 1 is 1.12 bits per heavy atom. The minimum Gasteiger partial charge on any atom is -0.368 e. The van der Waals surface area contributed by atoms with Crippen molar-refractivity contribution in [2.24, 2.45) is 0 Å². The predicted octanol–water partition coefficient (Wildman–Crippen LogP) is 0.475. The number of morpholine rings is 1. The number of sulfone groups is 1. The summed E-state index contributed by atoms with van der Waals surface area (Å²) in [7, 11) is -2.87. The second-order valence-electron chi connectivity index (χ2n) is 5.46. The lowest BCUT2D eigenvalue weighted by atomic mass is 9.83. The van der Waals surface area contributed by atoms with Crippen molar-refractivity contribution in [1.82, 2.24) is 5.32 Å². The first-order valence-electron chi connectivity index (χ1n) is 6.20. The molecule has 2 aliphatic heterocycles. The van der Waals surface area contributed by atoms with Crippen molar-refractivity contribution in [3.05, 3.63) is 0 Å². The van der Waals surface area contributed by atoms with Crippen LogP contribution in [0, 0.1) is 0 Å². The molecule has 2 unspecified atom stereocenters. The molecule has 2 atom stereocenters. The van der Waals surface area contributed by atoms with E-state index in [4.69, 9.17) is 4.74 Å². The van der Waals surface area contributed by atoms with Gasteiger partial charge in [0.25, 0.3) is 0 Å². The van der Waals surface area contributed by atoms with Gasteiger partial charge in [-0.05, 0) is 12.8 Å². The van der Waals surface area contributed by atoms with Crippen LogP contribution in [0.1, 0.15) is 32.1 Å². The van der Waals surface area contributed by atoms with Crippen molar-refractivity contribution in [2.75, 3.05) is 18.1 Å². The van der Waals surface area contributed by atoms with Gasteiger partial charge in [-0.1, -0.05) is 19.3 Å². The van der Waals surface area contributed by atoms with Crippen LogP contribution in [0.25, 0.3) is 0 Å². The monoisotopic (exact) mass is 245 g/mol. The van der Waals surface area contributed by atoms with E-state index in [1.54, 1.807) is 0 Å². The highest BCUT2D eigenvalue weighted by Crippen LogP contribution is 2.36. The number of hydrogen-bond acceptors (Lipinski definition) is 4. The molecule has 1 saturated carbocycles. The van der Waals surface area contributed by atoms with Gasteiger partial charge < -0.3 is 10.1 Å². The van der Waals surface area contributed by atoms with E-state index in [2.05, 4.69) is 5.32 Å². The van der Waals surface area contributed by atoms with Crippen LogP contribution >= 0.6 is 0 Å². The summed E-state index contributed by atoms with van der Waals surface area (Å²) in [6, 6.07) is 0.0394. The van der Waals surface area contributed by atoms with E-state index in [0.29, 0.717) is 0 Å². The Morgan fingerprint density at radius 2 is 1.88 bits per heavy atom. The van der Waals surface area contributed by atoms with Crippen LogP contribution in [0.4, 0.5) is 0 Å². The first kappa shape index (κ1) is 11.0. The molecule has 3 aliphatic rings. The minimum absolute atomic E-state index is 0.0394. The van der Waals surface area contributed by atoms with E-state index in [1.165, 1.54) is 19.3 Å². The van der Waals surface area contributed by atoms with Crippen LogP contribution in [-0.2, 0) is 14.6 Å². The van der Waals surface area contributed by atoms with E-state index < -0.39 is 9.84 Å². The Labute approximate surface area is 96.7 Å². The van der Waals surface area contributed by atoms with Crippen LogP contribution in [-0.4, -0.2) is 44.2 Å². The predicted molar refractivity (Wildman–Crippen MR) is 61.1 cm³/mol. The molecule has 5 heteroatoms. The van der Waals surface area contributed by atoms with Gasteiger partial charge in [0.05, 0.1) is 23.2 Å². The second kappa shape index (κ2) is 3.68. The molecule has 4 nitrogen and oxygen atoms in total. The van der Waals surface area contributed by atoms with Crippen LogP contribution in [0.3, 0.4) is 0 Å². The van der Waals surface area contributed by atoms with E-state index in [1.807, 2.05) is 0 Å². The summed E-state index contributed by atoms with van der Waals surface area (Å²) in [6.45, 7) is 0.837. The first-order chi connectivity index (χ1) is 7.59. The van der Waals surface area contributed by atoms with Crippen molar-refractivity contribution in [1.29, 1.82) is 0 Å². The molecule has 1 N–H and O–H groups in total. The smallest absolute Gasteiger partial charge is 0.154 e. The number of rotatable bonds is 0. The van der Waals surface area contributed by atoms with E-state index in [-0.39, 0.29) is 29.3 Å². The molecule has 3 fully saturated rings. The van der Waals surface area contributed by atoms with Gasteiger partial charge in [-0.3, -0.25) is 0 Å². The Kier molecular flexibility index (Phi) is 2.53. The summed E-state index contributed by atoms with van der Waals surface area (Å²) in [5.74, 6) is 0.472. The Bertz CT molecular complexity index is 373. The number of ether oxygens (including phenoxy) is 1. The molecule has 2 saturated heterocycles. The molecule has 3 rings (SSSR count). The van der Waals surface area contributed by atoms with Gasteiger partial charge in [-0.15, -0.1) is 0 Å². The van der Waals surface area contributed by atoms with Gasteiger partial charge in [-0.25, -0.2) is 8.42 Å². The normalized spacial score (nSPS) is 40.8. The zero-order valence-corrected chi connectivity index (χ0v) is 10.3. The summed E-state index contributed by atoms with van der Waals surface area (Å²) in [6.07, 6.45) is 5.79. The Morgan fingerprint density at radius 3 is 2.62 bits per heavy atom. The van der Waals surface area contributed by atoms with Crippen molar-refractivity contribution < 1.29 is 13.2 Å². The van der Waals surface area contributed by atoms with Crippen molar-refractivity contribution in [3.8, 4) is 0 Å². The lowest BCUT2D eigenvalue weighted by Crippen LogP contribution is -2.59. The van der Waals surface area contributed by atoms with Crippen LogP contribution in [0.15, 0.2) is 0 Å².